The van der Waals surface area contributed by atoms with Crippen LogP contribution in [0.2, 0.25) is 0 Å². The maximum Gasteiger partial charge on any atom is 0.337 e. The van der Waals surface area contributed by atoms with Crippen LogP contribution in [0.3, 0.4) is 0 Å². The number of sulfonamides is 1. The molecule has 0 spiro atoms. The van der Waals surface area contributed by atoms with Crippen molar-refractivity contribution in [2.75, 3.05) is 11.8 Å². The minimum absolute atomic E-state index is 0.307. The molecule has 0 atom stereocenters. The second kappa shape index (κ2) is 6.88. The highest BCUT2D eigenvalue weighted by molar-refractivity contribution is 7.92. The molecule has 134 valence electrons. The fourth-order valence-corrected chi connectivity index (χ4v) is 4.55. The number of rotatable bonds is 4. The lowest BCUT2D eigenvalue weighted by Gasteiger charge is -2.17. The van der Waals surface area contributed by atoms with Crippen molar-refractivity contribution in [3.8, 4) is 0 Å². The first-order chi connectivity index (χ1) is 11.6. The largest absolute Gasteiger partial charge is 0.465 e. The third kappa shape index (κ3) is 3.69. The van der Waals surface area contributed by atoms with Crippen LogP contribution in [-0.2, 0) is 14.8 Å². The molecule has 0 aliphatic heterocycles. The standard InChI is InChI=1S/C19H23NO4S/c1-11-9-12(2)15(5)18(14(11)4)25(22,23)20-17-8-7-16(10-13(17)3)19(21)24-6/h7-10,20H,1-6H3. The fourth-order valence-electron chi connectivity index (χ4n) is 2.80. The second-order valence-electron chi connectivity index (χ2n) is 6.22. The van der Waals surface area contributed by atoms with Gasteiger partial charge in [0.2, 0.25) is 0 Å². The minimum Gasteiger partial charge on any atom is -0.465 e. The molecule has 6 heteroatoms. The smallest absolute Gasteiger partial charge is 0.337 e. The Balaban J connectivity index is 2.49. The van der Waals surface area contributed by atoms with Crippen LogP contribution in [0.5, 0.6) is 0 Å². The zero-order valence-electron chi connectivity index (χ0n) is 15.4. The van der Waals surface area contributed by atoms with E-state index in [-0.39, 0.29) is 0 Å². The Morgan fingerprint density at radius 1 is 0.920 bits per heavy atom. The first-order valence-corrected chi connectivity index (χ1v) is 9.36. The number of aryl methyl sites for hydroxylation is 3. The van der Waals surface area contributed by atoms with Gasteiger partial charge in [-0.05, 0) is 80.6 Å². The van der Waals surface area contributed by atoms with E-state index in [1.807, 2.05) is 33.8 Å². The quantitative estimate of drug-likeness (QED) is 0.841. The molecule has 0 aromatic heterocycles. The van der Waals surface area contributed by atoms with Crippen LogP contribution in [0.4, 0.5) is 5.69 Å². The van der Waals surface area contributed by atoms with Crippen molar-refractivity contribution in [2.24, 2.45) is 0 Å². The Labute approximate surface area is 149 Å². The zero-order chi connectivity index (χ0) is 18.9. The van der Waals surface area contributed by atoms with Crippen molar-refractivity contribution in [1.82, 2.24) is 0 Å². The van der Waals surface area contributed by atoms with E-state index in [9.17, 15) is 13.2 Å². The predicted molar refractivity (Wildman–Crippen MR) is 98.7 cm³/mol. The normalized spacial score (nSPS) is 11.3. The summed E-state index contributed by atoms with van der Waals surface area (Å²) in [5.41, 5.74) is 4.79. The van der Waals surface area contributed by atoms with Crippen molar-refractivity contribution < 1.29 is 17.9 Å². The molecule has 2 rings (SSSR count). The number of benzene rings is 2. The number of anilines is 1. The summed E-state index contributed by atoms with van der Waals surface area (Å²) in [6.07, 6.45) is 0. The monoisotopic (exact) mass is 361 g/mol. The molecule has 0 saturated carbocycles. The highest BCUT2D eigenvalue weighted by atomic mass is 32.2. The van der Waals surface area contributed by atoms with Gasteiger partial charge in [-0.1, -0.05) is 6.07 Å². The average Bonchev–Trinajstić information content (AvgIpc) is 2.54. The van der Waals surface area contributed by atoms with Crippen molar-refractivity contribution in [3.05, 3.63) is 57.6 Å². The topological polar surface area (TPSA) is 72.5 Å². The molecule has 2 aromatic rings. The molecule has 0 amide bonds. The maximum atomic E-state index is 13.0. The van der Waals surface area contributed by atoms with E-state index >= 15 is 0 Å². The first-order valence-electron chi connectivity index (χ1n) is 7.87. The summed E-state index contributed by atoms with van der Waals surface area (Å²) >= 11 is 0. The van der Waals surface area contributed by atoms with Gasteiger partial charge in [0.1, 0.15) is 0 Å². The molecule has 0 bridgehead atoms. The minimum atomic E-state index is -3.75. The van der Waals surface area contributed by atoms with E-state index in [0.717, 1.165) is 22.3 Å². The Morgan fingerprint density at radius 2 is 1.48 bits per heavy atom. The lowest BCUT2D eigenvalue weighted by molar-refractivity contribution is 0.0600. The molecule has 0 saturated heterocycles. The third-order valence-corrected chi connectivity index (χ3v) is 6.10. The van der Waals surface area contributed by atoms with Gasteiger partial charge in [0.05, 0.1) is 23.3 Å². The van der Waals surface area contributed by atoms with Gasteiger partial charge in [-0.3, -0.25) is 4.72 Å². The van der Waals surface area contributed by atoms with Crippen LogP contribution in [0.1, 0.15) is 38.2 Å². The van der Waals surface area contributed by atoms with Crippen molar-refractivity contribution in [3.63, 3.8) is 0 Å². The van der Waals surface area contributed by atoms with Gasteiger partial charge in [-0.15, -0.1) is 0 Å². The van der Waals surface area contributed by atoms with Crippen LogP contribution in [0.25, 0.3) is 0 Å². The summed E-state index contributed by atoms with van der Waals surface area (Å²) < 4.78 is 33.3. The Morgan fingerprint density at radius 3 is 1.96 bits per heavy atom. The summed E-state index contributed by atoms with van der Waals surface area (Å²) in [5.74, 6) is -0.460. The number of nitrogens with one attached hydrogen (secondary N) is 1. The maximum absolute atomic E-state index is 13.0. The molecule has 0 radical (unpaired) electrons. The van der Waals surface area contributed by atoms with E-state index in [4.69, 9.17) is 0 Å². The van der Waals surface area contributed by atoms with Crippen LogP contribution in [0, 0.1) is 34.6 Å². The molecule has 5 nitrogen and oxygen atoms in total. The van der Waals surface area contributed by atoms with Gasteiger partial charge in [-0.2, -0.15) is 0 Å². The van der Waals surface area contributed by atoms with Gasteiger partial charge in [0, 0.05) is 0 Å². The van der Waals surface area contributed by atoms with Gasteiger partial charge in [-0.25, -0.2) is 13.2 Å². The Bertz CT molecular complexity index is 920. The summed E-state index contributed by atoms with van der Waals surface area (Å²) in [6.45, 7) is 9.16. The number of esters is 1. The molecule has 0 unspecified atom stereocenters. The molecule has 2 aromatic carbocycles. The lowest BCUT2D eigenvalue weighted by Crippen LogP contribution is -2.17. The Kier molecular flexibility index (Phi) is 5.23. The van der Waals surface area contributed by atoms with Gasteiger partial charge in [0.25, 0.3) is 10.0 Å². The summed E-state index contributed by atoms with van der Waals surface area (Å²) in [4.78, 5) is 11.9. The van der Waals surface area contributed by atoms with Crippen molar-refractivity contribution in [2.45, 2.75) is 39.5 Å². The van der Waals surface area contributed by atoms with E-state index < -0.39 is 16.0 Å². The number of carbonyl (C=O) groups excluding carboxylic acids is 1. The van der Waals surface area contributed by atoms with E-state index in [1.165, 1.54) is 13.2 Å². The summed E-state index contributed by atoms with van der Waals surface area (Å²) in [6, 6.07) is 6.70. The summed E-state index contributed by atoms with van der Waals surface area (Å²) in [5, 5.41) is 0. The number of ether oxygens (including phenoxy) is 1. The van der Waals surface area contributed by atoms with E-state index in [2.05, 4.69) is 9.46 Å². The molecule has 0 fully saturated rings. The SMILES string of the molecule is COC(=O)c1ccc(NS(=O)(=O)c2c(C)c(C)cc(C)c2C)c(C)c1. The lowest BCUT2D eigenvalue weighted by atomic mass is 10.0. The van der Waals surface area contributed by atoms with Crippen LogP contribution in [-0.4, -0.2) is 21.5 Å². The molecule has 0 heterocycles. The highest BCUT2D eigenvalue weighted by Crippen LogP contribution is 2.29. The molecular weight excluding hydrogens is 338 g/mol. The number of carbonyl (C=O) groups is 1. The van der Waals surface area contributed by atoms with Crippen molar-refractivity contribution in [1.29, 1.82) is 0 Å². The molecule has 25 heavy (non-hydrogen) atoms. The molecule has 0 aliphatic rings. The predicted octanol–water partition coefficient (Wildman–Crippen LogP) is 3.82. The summed E-state index contributed by atoms with van der Waals surface area (Å²) in [7, 11) is -2.44. The van der Waals surface area contributed by atoms with Crippen LogP contribution < -0.4 is 4.72 Å². The van der Waals surface area contributed by atoms with Crippen LogP contribution >= 0.6 is 0 Å². The van der Waals surface area contributed by atoms with Gasteiger partial charge >= 0.3 is 5.97 Å². The molecule has 1 N–H and O–H groups in total. The van der Waals surface area contributed by atoms with Gasteiger partial charge in [0.15, 0.2) is 0 Å². The Hall–Kier alpha value is -2.34. The number of hydrogen-bond donors (Lipinski definition) is 1. The zero-order valence-corrected chi connectivity index (χ0v) is 16.2. The van der Waals surface area contributed by atoms with Gasteiger partial charge < -0.3 is 4.74 Å². The number of hydrogen-bond acceptors (Lipinski definition) is 4. The third-order valence-electron chi connectivity index (χ3n) is 4.46. The fraction of sp³-hybridized carbons (Fsp3) is 0.316. The number of methoxy groups -OCH3 is 1. The van der Waals surface area contributed by atoms with Crippen molar-refractivity contribution >= 4 is 21.7 Å². The first kappa shape index (κ1) is 19.0. The molecule has 0 aliphatic carbocycles. The highest BCUT2D eigenvalue weighted by Gasteiger charge is 2.23. The van der Waals surface area contributed by atoms with Crippen LogP contribution in [0.15, 0.2) is 29.2 Å². The average molecular weight is 361 g/mol. The second-order valence-corrected chi connectivity index (χ2v) is 7.84. The molecular formula is C19H23NO4S. The van der Waals surface area contributed by atoms with E-state index in [1.54, 1.807) is 19.1 Å². The van der Waals surface area contributed by atoms with E-state index in [0.29, 0.717) is 21.7 Å².